The minimum Gasteiger partial charge on any atom is -0.366 e. The molecule has 2 bridgehead atoms. The third kappa shape index (κ3) is 3.51. The monoisotopic (exact) mass is 427 g/mol. The fourth-order valence-corrected chi connectivity index (χ4v) is 3.88. The van der Waals surface area contributed by atoms with Gasteiger partial charge in [0, 0.05) is 25.5 Å². The Labute approximate surface area is 174 Å². The van der Waals surface area contributed by atoms with Gasteiger partial charge in [-0.2, -0.15) is 13.2 Å². The van der Waals surface area contributed by atoms with Crippen molar-refractivity contribution < 1.29 is 18.0 Å². The SMILES string of the molecule is O=C(Nc1cnccn1)N1c2nc(-c3cccc(C(F)(F)F)n3)ccc2N2CC[C@H]1C2. The van der Waals surface area contributed by atoms with Crippen molar-refractivity contribution in [3.05, 3.63) is 54.6 Å². The normalized spacial score (nSPS) is 17.5. The van der Waals surface area contributed by atoms with E-state index in [4.69, 9.17) is 0 Å². The Morgan fingerprint density at radius 1 is 1.10 bits per heavy atom. The van der Waals surface area contributed by atoms with Crippen molar-refractivity contribution in [1.82, 2.24) is 19.9 Å². The van der Waals surface area contributed by atoms with Gasteiger partial charge in [-0.25, -0.2) is 19.7 Å². The average Bonchev–Trinajstić information content (AvgIpc) is 3.18. The highest BCUT2D eigenvalue weighted by Gasteiger charge is 2.40. The number of hydrogen-bond donors (Lipinski definition) is 1. The smallest absolute Gasteiger partial charge is 0.366 e. The van der Waals surface area contributed by atoms with E-state index in [0.717, 1.165) is 24.7 Å². The van der Waals surface area contributed by atoms with Crippen LogP contribution in [0.25, 0.3) is 11.4 Å². The molecule has 158 valence electrons. The van der Waals surface area contributed by atoms with Crippen LogP contribution in [0.2, 0.25) is 0 Å². The molecular formula is C20H16F3N7O. The number of amides is 2. The van der Waals surface area contributed by atoms with Crippen molar-refractivity contribution in [3.63, 3.8) is 0 Å². The van der Waals surface area contributed by atoms with Crippen LogP contribution in [0, 0.1) is 0 Å². The van der Waals surface area contributed by atoms with Crippen LogP contribution in [-0.4, -0.2) is 45.1 Å². The van der Waals surface area contributed by atoms with E-state index in [2.05, 4.69) is 30.2 Å². The van der Waals surface area contributed by atoms with Crippen LogP contribution in [0.4, 0.5) is 35.3 Å². The number of carbonyl (C=O) groups is 1. The number of nitrogens with one attached hydrogen (secondary N) is 1. The molecule has 2 aliphatic rings. The second-order valence-corrected chi connectivity index (χ2v) is 7.22. The van der Waals surface area contributed by atoms with Gasteiger partial charge < -0.3 is 4.90 Å². The van der Waals surface area contributed by atoms with E-state index in [0.29, 0.717) is 18.2 Å². The summed E-state index contributed by atoms with van der Waals surface area (Å²) in [5, 5.41) is 2.71. The van der Waals surface area contributed by atoms with Crippen molar-refractivity contribution in [1.29, 1.82) is 0 Å². The summed E-state index contributed by atoms with van der Waals surface area (Å²) in [6.07, 6.45) is 0.586. The molecule has 0 spiro atoms. The molecule has 8 nitrogen and oxygen atoms in total. The molecule has 1 fully saturated rings. The molecule has 0 saturated carbocycles. The standard InChI is InChI=1S/C20H16F3N7O/c21-20(22,23)16-3-1-2-13(26-16)14-4-5-15-18(27-14)30(12-6-9-29(15)11-12)19(31)28-17-10-24-7-8-25-17/h1-5,7-8,10,12H,6,9,11H2,(H,25,28,31)/t12-/m0/s1. The molecule has 0 unspecified atom stereocenters. The highest BCUT2D eigenvalue weighted by atomic mass is 19.4. The molecule has 2 amide bonds. The van der Waals surface area contributed by atoms with Crippen LogP contribution in [0.1, 0.15) is 12.1 Å². The molecule has 3 aromatic rings. The number of alkyl halides is 3. The van der Waals surface area contributed by atoms with Gasteiger partial charge in [-0.3, -0.25) is 15.2 Å². The summed E-state index contributed by atoms with van der Waals surface area (Å²) in [4.78, 5) is 33.0. The first-order valence-corrected chi connectivity index (χ1v) is 9.57. The molecule has 1 saturated heterocycles. The van der Waals surface area contributed by atoms with Crippen LogP contribution < -0.4 is 15.1 Å². The number of halogens is 3. The molecule has 1 atom stereocenters. The van der Waals surface area contributed by atoms with Gasteiger partial charge in [0.25, 0.3) is 0 Å². The Kier molecular flexibility index (Phi) is 4.45. The largest absolute Gasteiger partial charge is 0.433 e. The van der Waals surface area contributed by atoms with Crippen LogP contribution in [0.3, 0.4) is 0 Å². The molecule has 5 rings (SSSR count). The number of pyridine rings is 2. The number of anilines is 3. The predicted octanol–water partition coefficient (Wildman–Crippen LogP) is 3.58. The van der Waals surface area contributed by atoms with Crippen molar-refractivity contribution in [2.75, 3.05) is 28.2 Å². The van der Waals surface area contributed by atoms with Gasteiger partial charge in [-0.15, -0.1) is 0 Å². The molecule has 0 radical (unpaired) electrons. The van der Waals surface area contributed by atoms with Gasteiger partial charge in [0.05, 0.1) is 29.3 Å². The average molecular weight is 427 g/mol. The van der Waals surface area contributed by atoms with Crippen molar-refractivity contribution in [3.8, 4) is 11.4 Å². The first-order chi connectivity index (χ1) is 14.9. The van der Waals surface area contributed by atoms with Crippen LogP contribution in [0.5, 0.6) is 0 Å². The second-order valence-electron chi connectivity index (χ2n) is 7.22. The maximum Gasteiger partial charge on any atom is 0.433 e. The first-order valence-electron chi connectivity index (χ1n) is 9.57. The molecule has 3 aromatic heterocycles. The molecule has 0 aromatic carbocycles. The van der Waals surface area contributed by atoms with E-state index in [1.807, 2.05) is 0 Å². The summed E-state index contributed by atoms with van der Waals surface area (Å²) in [5.41, 5.74) is 0.0915. The summed E-state index contributed by atoms with van der Waals surface area (Å²) in [6, 6.07) is 6.53. The number of nitrogens with zero attached hydrogens (tertiary/aromatic N) is 6. The van der Waals surface area contributed by atoms with Gasteiger partial charge in [0.1, 0.15) is 5.69 Å². The van der Waals surface area contributed by atoms with Gasteiger partial charge in [-0.1, -0.05) is 6.07 Å². The Hall–Kier alpha value is -3.76. The van der Waals surface area contributed by atoms with Gasteiger partial charge in [-0.05, 0) is 30.7 Å². The lowest BCUT2D eigenvalue weighted by atomic mass is 10.1. The van der Waals surface area contributed by atoms with Gasteiger partial charge in [0.2, 0.25) is 0 Å². The summed E-state index contributed by atoms with van der Waals surface area (Å²) in [6.45, 7) is 1.42. The fourth-order valence-electron chi connectivity index (χ4n) is 3.88. The van der Waals surface area contributed by atoms with Crippen molar-refractivity contribution in [2.45, 2.75) is 18.6 Å². The van der Waals surface area contributed by atoms with Gasteiger partial charge >= 0.3 is 12.2 Å². The Morgan fingerprint density at radius 3 is 2.71 bits per heavy atom. The molecular weight excluding hydrogens is 411 g/mol. The van der Waals surface area contributed by atoms with Crippen LogP contribution >= 0.6 is 0 Å². The molecule has 0 aliphatic carbocycles. The number of hydrogen-bond acceptors (Lipinski definition) is 6. The van der Waals surface area contributed by atoms with Crippen LogP contribution in [0.15, 0.2) is 48.9 Å². The highest BCUT2D eigenvalue weighted by molar-refractivity contribution is 6.04. The zero-order chi connectivity index (χ0) is 21.6. The Bertz CT molecular complexity index is 1140. The maximum absolute atomic E-state index is 13.1. The Morgan fingerprint density at radius 2 is 1.94 bits per heavy atom. The summed E-state index contributed by atoms with van der Waals surface area (Å²) >= 11 is 0. The predicted molar refractivity (Wildman–Crippen MR) is 107 cm³/mol. The van der Waals surface area contributed by atoms with E-state index < -0.39 is 17.9 Å². The molecule has 2 aliphatic heterocycles. The lowest BCUT2D eigenvalue weighted by Crippen LogP contribution is -2.48. The number of aromatic nitrogens is 4. The van der Waals surface area contributed by atoms with E-state index in [9.17, 15) is 18.0 Å². The molecule has 11 heteroatoms. The topological polar surface area (TPSA) is 87.1 Å². The van der Waals surface area contributed by atoms with Crippen molar-refractivity contribution >= 4 is 23.4 Å². The Balaban J connectivity index is 1.54. The zero-order valence-electron chi connectivity index (χ0n) is 16.0. The fraction of sp³-hybridized carbons (Fsp3) is 0.250. The highest BCUT2D eigenvalue weighted by Crippen LogP contribution is 2.40. The molecule has 5 heterocycles. The van der Waals surface area contributed by atoms with E-state index in [1.165, 1.54) is 30.7 Å². The minimum atomic E-state index is -4.56. The quantitative estimate of drug-likeness (QED) is 0.673. The van der Waals surface area contributed by atoms with Crippen molar-refractivity contribution in [2.24, 2.45) is 0 Å². The first kappa shape index (κ1) is 19.2. The van der Waals surface area contributed by atoms with Crippen LogP contribution in [-0.2, 0) is 6.18 Å². The summed E-state index contributed by atoms with van der Waals surface area (Å²) in [5.74, 6) is 0.678. The number of fused-ring (bicyclic) bond motifs is 4. The number of urea groups is 1. The summed E-state index contributed by atoms with van der Waals surface area (Å²) in [7, 11) is 0. The number of carbonyl (C=O) groups excluding carboxylic acids is 1. The molecule has 1 N–H and O–H groups in total. The van der Waals surface area contributed by atoms with E-state index in [-0.39, 0.29) is 17.4 Å². The van der Waals surface area contributed by atoms with E-state index >= 15 is 0 Å². The summed E-state index contributed by atoms with van der Waals surface area (Å²) < 4.78 is 39.2. The third-order valence-electron chi connectivity index (χ3n) is 5.27. The van der Waals surface area contributed by atoms with E-state index in [1.54, 1.807) is 17.0 Å². The van der Waals surface area contributed by atoms with Gasteiger partial charge in [0.15, 0.2) is 11.6 Å². The zero-order valence-corrected chi connectivity index (χ0v) is 16.0. The second kappa shape index (κ2) is 7.18. The molecule has 31 heavy (non-hydrogen) atoms. The minimum absolute atomic E-state index is 0.0832. The number of rotatable bonds is 2. The lowest BCUT2D eigenvalue weighted by molar-refractivity contribution is -0.141. The third-order valence-corrected chi connectivity index (χ3v) is 5.27. The lowest BCUT2D eigenvalue weighted by Gasteiger charge is -2.35. The maximum atomic E-state index is 13.1.